The molecule has 3 aromatic carbocycles. The molecule has 75 heavy (non-hydrogen) atoms. The zero-order valence-corrected chi connectivity index (χ0v) is 43.2. The first-order valence-corrected chi connectivity index (χ1v) is 24.9. The summed E-state index contributed by atoms with van der Waals surface area (Å²) < 4.78 is 18.0. The van der Waals surface area contributed by atoms with Crippen molar-refractivity contribution in [2.24, 2.45) is 0 Å². The van der Waals surface area contributed by atoms with Crippen molar-refractivity contribution in [1.29, 1.82) is 0 Å². The number of Topliss-reactive ketones (excluding diaryl/α,β-unsaturated/α-hetero) is 3. The van der Waals surface area contributed by atoms with Crippen LogP contribution in [0.5, 0.6) is 0 Å². The summed E-state index contributed by atoms with van der Waals surface area (Å²) >= 11 is 0. The van der Waals surface area contributed by atoms with E-state index in [-0.39, 0.29) is 52.6 Å². The number of ether oxygens (including phenoxy) is 3. The normalized spacial score (nSPS) is 13.8. The minimum absolute atomic E-state index is 0.0698. The lowest BCUT2D eigenvalue weighted by Gasteiger charge is -2.16. The molecule has 0 aliphatic heterocycles. The van der Waals surface area contributed by atoms with Gasteiger partial charge in [0.05, 0.1) is 72.9 Å². The van der Waals surface area contributed by atoms with Crippen LogP contribution in [0.3, 0.4) is 0 Å². The van der Waals surface area contributed by atoms with Crippen molar-refractivity contribution in [1.82, 2.24) is 13.7 Å². The fourth-order valence-corrected chi connectivity index (χ4v) is 7.91. The molecule has 4 aromatic rings. The number of esters is 3. The highest BCUT2D eigenvalue weighted by Gasteiger charge is 2.25. The van der Waals surface area contributed by atoms with Crippen LogP contribution < -0.4 is 17.1 Å². The first kappa shape index (κ1) is 60.8. The molecule has 6 atom stereocenters. The summed E-state index contributed by atoms with van der Waals surface area (Å²) in [6, 6.07) is 13.1. The number of hydrogen-bond acceptors (Lipinski definition) is 18. The number of rotatable bonds is 30. The largest absolute Gasteiger partial charge is 0.460 e. The van der Waals surface area contributed by atoms with Gasteiger partial charge in [0.25, 0.3) is 0 Å². The molecule has 6 N–H and O–H groups in total. The minimum atomic E-state index is -1.23. The second-order valence-electron chi connectivity index (χ2n) is 18.9. The average Bonchev–Trinajstić information content (AvgIpc) is 3.33. The van der Waals surface area contributed by atoms with Crippen LogP contribution in [0.1, 0.15) is 159 Å². The predicted molar refractivity (Wildman–Crippen MR) is 271 cm³/mol. The van der Waals surface area contributed by atoms with E-state index in [0.29, 0.717) is 68.9 Å². The van der Waals surface area contributed by atoms with Crippen LogP contribution in [0.15, 0.2) is 69.0 Å². The Labute approximate surface area is 432 Å². The third kappa shape index (κ3) is 18.3. The number of benzene rings is 3. The Balaban J connectivity index is 1.68. The van der Waals surface area contributed by atoms with Gasteiger partial charge in [0, 0.05) is 36.0 Å². The molecule has 0 saturated heterocycles. The van der Waals surface area contributed by atoms with Crippen molar-refractivity contribution >= 4 is 35.3 Å². The van der Waals surface area contributed by atoms with Crippen molar-refractivity contribution in [3.63, 3.8) is 0 Å². The summed E-state index contributed by atoms with van der Waals surface area (Å²) in [5.41, 5.74) is -2.60. The van der Waals surface area contributed by atoms with Gasteiger partial charge in [-0.3, -0.25) is 14.4 Å². The average molecular weight is 1050 g/mol. The summed E-state index contributed by atoms with van der Waals surface area (Å²) in [7, 11) is 0. The van der Waals surface area contributed by atoms with Crippen LogP contribution in [-0.4, -0.2) is 136 Å². The molecule has 0 bridgehead atoms. The zero-order chi connectivity index (χ0) is 55.7. The van der Waals surface area contributed by atoms with Gasteiger partial charge >= 0.3 is 35.0 Å². The van der Waals surface area contributed by atoms with Crippen molar-refractivity contribution in [3.8, 4) is 0 Å². The first-order chi connectivity index (χ1) is 35.4. The second kappa shape index (κ2) is 28.8. The molecule has 6 unspecified atom stereocenters. The van der Waals surface area contributed by atoms with Crippen LogP contribution in [0.25, 0.3) is 0 Å². The van der Waals surface area contributed by atoms with Gasteiger partial charge in [-0.15, -0.1) is 0 Å². The molecule has 0 radical (unpaired) electrons. The van der Waals surface area contributed by atoms with Crippen LogP contribution in [0.2, 0.25) is 0 Å². The number of aliphatic hydroxyl groups excluding tert-OH is 6. The highest BCUT2D eigenvalue weighted by molar-refractivity contribution is 6.08. The summed E-state index contributed by atoms with van der Waals surface area (Å²) in [5.74, 6) is -4.84. The molecule has 408 valence electrons. The van der Waals surface area contributed by atoms with E-state index in [4.69, 9.17) is 14.2 Å². The Hall–Kier alpha value is -6.75. The summed E-state index contributed by atoms with van der Waals surface area (Å²) in [4.78, 5) is 122. The number of aryl methyl sites for hydroxylation is 3. The van der Waals surface area contributed by atoms with E-state index in [0.717, 1.165) is 0 Å². The van der Waals surface area contributed by atoms with E-state index in [1.807, 2.05) is 0 Å². The highest BCUT2D eigenvalue weighted by atomic mass is 16.5. The van der Waals surface area contributed by atoms with Gasteiger partial charge in [0.15, 0.2) is 17.3 Å². The van der Waals surface area contributed by atoms with Crippen LogP contribution in [0, 0.1) is 0 Å². The molecule has 0 spiro atoms. The number of nitrogens with zero attached hydrogens (tertiary/aromatic N) is 3. The van der Waals surface area contributed by atoms with E-state index in [1.54, 1.807) is 39.0 Å². The first-order valence-electron chi connectivity index (χ1n) is 24.9. The van der Waals surface area contributed by atoms with Gasteiger partial charge in [-0.2, -0.15) is 0 Å². The molecule has 0 fully saturated rings. The molecule has 1 heterocycles. The van der Waals surface area contributed by atoms with E-state index in [1.165, 1.54) is 57.2 Å². The number of hydrogen-bond donors (Lipinski definition) is 6. The predicted octanol–water partition coefficient (Wildman–Crippen LogP) is 2.54. The standard InChI is InChI=1S/C54H69N3O18/c1-31(58)7-10-37-13-16-40(43(28-37)46(64)25-34(4)61)49(67)73-22-19-55-52(70)56(20-23-74-50(68)41-17-14-38(11-8-32(2)59)29-44(41)47(65)26-35(5)62)54(72)57(53(55)71)21-24-75-51(69)42-18-15-39(12-9-33(3)60)30-45(42)48(66)27-36(6)63/h13-18,28-36,58-63H,7-12,19-27H2,1-6H3. The molecular formula is C54H69N3O18. The minimum Gasteiger partial charge on any atom is -0.460 e. The molecule has 1 aromatic heterocycles. The quantitative estimate of drug-likeness (QED) is 0.0248. The highest BCUT2D eigenvalue weighted by Crippen LogP contribution is 2.22. The topological polar surface area (TPSA) is 317 Å². The van der Waals surface area contributed by atoms with Crippen molar-refractivity contribution in [3.05, 3.63) is 136 Å². The van der Waals surface area contributed by atoms with Gasteiger partial charge < -0.3 is 44.8 Å². The third-order valence-electron chi connectivity index (χ3n) is 11.8. The number of carbonyl (C=O) groups is 6. The zero-order valence-electron chi connectivity index (χ0n) is 43.2. The fraction of sp³-hybridized carbons (Fsp3) is 0.500. The smallest absolute Gasteiger partial charge is 0.338 e. The van der Waals surface area contributed by atoms with Crippen molar-refractivity contribution in [2.45, 2.75) is 156 Å². The monoisotopic (exact) mass is 1050 g/mol. The van der Waals surface area contributed by atoms with Crippen LogP contribution in [0.4, 0.5) is 0 Å². The molecule has 0 aliphatic carbocycles. The van der Waals surface area contributed by atoms with Crippen LogP contribution in [-0.2, 0) is 53.1 Å². The maximum Gasteiger partial charge on any atom is 0.338 e. The number of carbonyl (C=O) groups excluding carboxylic acids is 6. The second-order valence-corrected chi connectivity index (χ2v) is 18.9. The van der Waals surface area contributed by atoms with Crippen LogP contribution >= 0.6 is 0 Å². The van der Waals surface area contributed by atoms with E-state index in [9.17, 15) is 73.8 Å². The maximum atomic E-state index is 14.0. The Morgan fingerprint density at radius 2 is 0.627 bits per heavy atom. The third-order valence-corrected chi connectivity index (χ3v) is 11.8. The number of aromatic nitrogens is 3. The Morgan fingerprint density at radius 1 is 0.387 bits per heavy atom. The Kier molecular flexibility index (Phi) is 23.3. The summed E-state index contributed by atoms with van der Waals surface area (Å²) in [5, 5.41) is 59.2. The van der Waals surface area contributed by atoms with Gasteiger partial charge in [-0.25, -0.2) is 42.5 Å². The van der Waals surface area contributed by atoms with Gasteiger partial charge in [0.2, 0.25) is 0 Å². The fourth-order valence-electron chi connectivity index (χ4n) is 7.91. The maximum absolute atomic E-state index is 14.0. The molecule has 0 saturated carbocycles. The molecular weight excluding hydrogens is 979 g/mol. The number of aliphatic hydroxyl groups is 6. The Morgan fingerprint density at radius 3 is 0.840 bits per heavy atom. The lowest BCUT2D eigenvalue weighted by molar-refractivity contribution is 0.0477. The summed E-state index contributed by atoms with van der Waals surface area (Å²) in [6.07, 6.45) is -3.97. The van der Waals surface area contributed by atoms with E-state index >= 15 is 0 Å². The van der Waals surface area contributed by atoms with Gasteiger partial charge in [-0.05, 0) is 133 Å². The molecule has 21 heteroatoms. The lowest BCUT2D eigenvalue weighted by atomic mass is 9.95. The number of ketones is 3. The Bertz CT molecular complexity index is 2520. The SMILES string of the molecule is CC(O)CCc1ccc(C(=O)OCCn2c(=O)n(CCOC(=O)c3ccc(CCC(C)O)cc3C(=O)CC(C)O)c(=O)n(CCOC(=O)c3ccc(CCC(C)O)cc3C(=O)CC(C)O)c2=O)c(C(=O)CC(C)O)c1. The van der Waals surface area contributed by atoms with Crippen molar-refractivity contribution in [2.75, 3.05) is 19.8 Å². The molecule has 4 rings (SSSR count). The van der Waals surface area contributed by atoms with E-state index < -0.39 is 128 Å². The van der Waals surface area contributed by atoms with E-state index in [2.05, 4.69) is 0 Å². The van der Waals surface area contributed by atoms with Gasteiger partial charge in [0.1, 0.15) is 19.8 Å². The lowest BCUT2D eigenvalue weighted by Crippen LogP contribution is -2.55. The molecule has 0 aliphatic rings. The summed E-state index contributed by atoms with van der Waals surface area (Å²) in [6.45, 7) is 4.95. The van der Waals surface area contributed by atoms with Crippen molar-refractivity contribution < 1.29 is 73.6 Å². The molecule has 21 nitrogen and oxygen atoms in total. The molecule has 0 amide bonds. The van der Waals surface area contributed by atoms with Gasteiger partial charge in [-0.1, -0.05) is 18.2 Å².